The molecule has 0 aliphatic carbocycles. The summed E-state index contributed by atoms with van der Waals surface area (Å²) in [5.74, 6) is 0. The van der Waals surface area contributed by atoms with Crippen LogP contribution < -0.4 is 5.32 Å². The van der Waals surface area contributed by atoms with E-state index < -0.39 is 0 Å². The molecule has 0 aromatic carbocycles. The lowest BCUT2D eigenvalue weighted by atomic mass is 9.78. The highest BCUT2D eigenvalue weighted by molar-refractivity contribution is 4.97. The smallest absolute Gasteiger partial charge is 0.0921 e. The second-order valence-electron chi connectivity index (χ2n) is 8.97. The van der Waals surface area contributed by atoms with Gasteiger partial charge in [-0.05, 0) is 61.2 Å². The predicted molar refractivity (Wildman–Crippen MR) is 89.1 cm³/mol. The van der Waals surface area contributed by atoms with Crippen molar-refractivity contribution in [3.05, 3.63) is 0 Å². The fourth-order valence-electron chi connectivity index (χ4n) is 3.89. The van der Waals surface area contributed by atoms with Gasteiger partial charge < -0.3 is 14.7 Å². The van der Waals surface area contributed by atoms with Crippen LogP contribution in [-0.2, 0) is 0 Å². The van der Waals surface area contributed by atoms with Gasteiger partial charge in [0.2, 0.25) is 0 Å². The van der Waals surface area contributed by atoms with Crippen LogP contribution in [0.2, 0.25) is 0 Å². The van der Waals surface area contributed by atoms with Gasteiger partial charge in [-0.25, -0.2) is 0 Å². The molecule has 0 spiro atoms. The summed E-state index contributed by atoms with van der Waals surface area (Å²) in [7, 11) is 9.19. The molecule has 3 heteroatoms. The van der Waals surface area contributed by atoms with Crippen molar-refractivity contribution in [2.45, 2.75) is 70.5 Å². The van der Waals surface area contributed by atoms with Crippen LogP contribution in [0.3, 0.4) is 0 Å². The Hall–Kier alpha value is -0.120. The van der Waals surface area contributed by atoms with E-state index in [1.807, 2.05) is 0 Å². The van der Waals surface area contributed by atoms with E-state index in [-0.39, 0.29) is 11.1 Å². The van der Waals surface area contributed by atoms with E-state index in [0.717, 1.165) is 6.04 Å². The topological polar surface area (TPSA) is 15.3 Å². The quantitative estimate of drug-likeness (QED) is 0.596. The fourth-order valence-corrected chi connectivity index (χ4v) is 3.89. The zero-order valence-electron chi connectivity index (χ0n) is 15.2. The first-order valence-corrected chi connectivity index (χ1v) is 8.20. The van der Waals surface area contributed by atoms with Gasteiger partial charge in [-0.15, -0.1) is 0 Å². The Balaban J connectivity index is 2.57. The summed E-state index contributed by atoms with van der Waals surface area (Å²) >= 11 is 0. The second kappa shape index (κ2) is 6.33. The van der Waals surface area contributed by atoms with Gasteiger partial charge in [0.1, 0.15) is 0 Å². The summed E-state index contributed by atoms with van der Waals surface area (Å²) in [6.07, 6.45) is 5.19. The molecule has 0 atom stereocenters. The third-order valence-electron chi connectivity index (χ3n) is 4.75. The highest BCUT2D eigenvalue weighted by atomic mass is 15.3. The van der Waals surface area contributed by atoms with Crippen LogP contribution in [0.1, 0.15) is 53.4 Å². The van der Waals surface area contributed by atoms with Crippen LogP contribution >= 0.6 is 0 Å². The number of hydrogen-bond acceptors (Lipinski definition) is 2. The largest absolute Gasteiger partial charge is 0.326 e. The number of quaternary nitrogens is 1. The molecule has 0 unspecified atom stereocenters. The van der Waals surface area contributed by atoms with Crippen molar-refractivity contribution in [3.8, 4) is 0 Å². The van der Waals surface area contributed by atoms with E-state index in [1.54, 1.807) is 0 Å². The number of unbranched alkanes of at least 4 members (excludes halogenated alkanes) is 1. The third-order valence-corrected chi connectivity index (χ3v) is 4.75. The van der Waals surface area contributed by atoms with Crippen LogP contribution in [0.5, 0.6) is 0 Å². The van der Waals surface area contributed by atoms with Gasteiger partial charge in [0, 0.05) is 23.9 Å². The molecule has 1 N–H and O–H groups in total. The highest BCUT2D eigenvalue weighted by Gasteiger charge is 2.44. The van der Waals surface area contributed by atoms with Crippen molar-refractivity contribution in [3.63, 3.8) is 0 Å². The number of hydrogen-bond donors (Lipinski definition) is 1. The molecule has 120 valence electrons. The molecule has 0 radical (unpaired) electrons. The van der Waals surface area contributed by atoms with Gasteiger partial charge in [0.05, 0.1) is 26.7 Å². The van der Waals surface area contributed by atoms with Crippen LogP contribution in [0.15, 0.2) is 0 Å². The molecule has 0 bridgehead atoms. The summed E-state index contributed by atoms with van der Waals surface area (Å²) in [4.78, 5) is 2.29. The lowest BCUT2D eigenvalue weighted by Crippen LogP contribution is -2.65. The molecule has 1 rings (SSSR count). The summed E-state index contributed by atoms with van der Waals surface area (Å²) in [5, 5.41) is 3.80. The Bertz CT molecular complexity index is 289. The first kappa shape index (κ1) is 17.9. The standard InChI is InChI=1S/C17H38N3/c1-16(2)13-15(14-17(3,4)18-16)20(7,8)12-10-9-11-19(5)6/h15,18H,9-14H2,1-8H3/q+1. The SMILES string of the molecule is CN(C)CCCC[N+](C)(C)C1CC(C)(C)NC(C)(C)C1. The molecule has 0 aromatic heterocycles. The number of nitrogens with zero attached hydrogens (tertiary/aromatic N) is 2. The summed E-state index contributed by atoms with van der Waals surface area (Å²) in [6, 6.07) is 0.764. The van der Waals surface area contributed by atoms with Crippen molar-refractivity contribution in [1.29, 1.82) is 0 Å². The van der Waals surface area contributed by atoms with Crippen molar-refractivity contribution in [2.75, 3.05) is 41.3 Å². The van der Waals surface area contributed by atoms with Crippen LogP contribution in [0, 0.1) is 0 Å². The van der Waals surface area contributed by atoms with E-state index in [9.17, 15) is 0 Å². The van der Waals surface area contributed by atoms with E-state index in [2.05, 4.69) is 66.1 Å². The van der Waals surface area contributed by atoms with Gasteiger partial charge in [0.25, 0.3) is 0 Å². The maximum atomic E-state index is 3.80. The number of rotatable bonds is 6. The van der Waals surface area contributed by atoms with Gasteiger partial charge >= 0.3 is 0 Å². The Labute approximate surface area is 127 Å². The monoisotopic (exact) mass is 284 g/mol. The second-order valence-corrected chi connectivity index (χ2v) is 8.97. The molecular weight excluding hydrogens is 246 g/mol. The molecule has 20 heavy (non-hydrogen) atoms. The molecular formula is C17H38N3+. The lowest BCUT2D eigenvalue weighted by Gasteiger charge is -2.51. The van der Waals surface area contributed by atoms with E-state index in [4.69, 9.17) is 0 Å². The molecule has 1 aliphatic heterocycles. The van der Waals surface area contributed by atoms with Gasteiger partial charge in [0.15, 0.2) is 0 Å². The summed E-state index contributed by atoms with van der Waals surface area (Å²) < 4.78 is 1.17. The van der Waals surface area contributed by atoms with Crippen molar-refractivity contribution >= 4 is 0 Å². The van der Waals surface area contributed by atoms with E-state index in [1.165, 1.54) is 43.3 Å². The Morgan fingerprint density at radius 1 is 1.00 bits per heavy atom. The molecule has 3 nitrogen and oxygen atoms in total. The molecule has 0 amide bonds. The zero-order chi connectivity index (χ0) is 15.6. The molecule has 1 heterocycles. The lowest BCUT2D eigenvalue weighted by molar-refractivity contribution is -0.917. The average molecular weight is 285 g/mol. The van der Waals surface area contributed by atoms with Gasteiger partial charge in [-0.3, -0.25) is 0 Å². The Morgan fingerprint density at radius 2 is 1.50 bits per heavy atom. The van der Waals surface area contributed by atoms with Crippen molar-refractivity contribution in [2.24, 2.45) is 0 Å². The van der Waals surface area contributed by atoms with Crippen molar-refractivity contribution in [1.82, 2.24) is 10.2 Å². The highest BCUT2D eigenvalue weighted by Crippen LogP contribution is 2.33. The van der Waals surface area contributed by atoms with E-state index in [0.29, 0.717) is 0 Å². The minimum Gasteiger partial charge on any atom is -0.326 e. The fraction of sp³-hybridized carbons (Fsp3) is 1.00. The van der Waals surface area contributed by atoms with Crippen molar-refractivity contribution < 1.29 is 4.48 Å². The average Bonchev–Trinajstić information content (AvgIpc) is 2.19. The molecule has 1 saturated heterocycles. The molecule has 1 aliphatic rings. The maximum Gasteiger partial charge on any atom is 0.0921 e. The number of piperidine rings is 1. The maximum absolute atomic E-state index is 3.80. The predicted octanol–water partition coefficient (Wildman–Crippen LogP) is 2.71. The minimum absolute atomic E-state index is 0.256. The van der Waals surface area contributed by atoms with Crippen LogP contribution in [0.4, 0.5) is 0 Å². The van der Waals surface area contributed by atoms with Gasteiger partial charge in [-0.2, -0.15) is 0 Å². The molecule has 0 saturated carbocycles. The van der Waals surface area contributed by atoms with Gasteiger partial charge in [-0.1, -0.05) is 0 Å². The molecule has 0 aromatic rings. The molecule has 1 fully saturated rings. The number of nitrogens with one attached hydrogen (secondary N) is 1. The first-order chi connectivity index (χ1) is 8.94. The summed E-state index contributed by atoms with van der Waals surface area (Å²) in [5.41, 5.74) is 0.511. The van der Waals surface area contributed by atoms with E-state index >= 15 is 0 Å². The van der Waals surface area contributed by atoms with Crippen LogP contribution in [0.25, 0.3) is 0 Å². The Morgan fingerprint density at radius 3 is 1.95 bits per heavy atom. The summed E-state index contributed by atoms with van der Waals surface area (Å²) in [6.45, 7) is 11.9. The van der Waals surface area contributed by atoms with Crippen LogP contribution in [-0.4, -0.2) is 67.8 Å². The Kier molecular flexibility index (Phi) is 5.67. The third kappa shape index (κ3) is 5.71. The zero-order valence-corrected chi connectivity index (χ0v) is 15.2. The minimum atomic E-state index is 0.256. The first-order valence-electron chi connectivity index (χ1n) is 8.20. The normalized spacial score (nSPS) is 23.2.